The van der Waals surface area contributed by atoms with Crippen LogP contribution in [0.1, 0.15) is 15.9 Å². The van der Waals surface area contributed by atoms with Crippen molar-refractivity contribution in [2.45, 2.75) is 4.90 Å². The number of nitrogens with one attached hydrogen (secondary N) is 1. The first-order valence-corrected chi connectivity index (χ1v) is 11.0. The number of aromatic amines is 1. The lowest BCUT2D eigenvalue weighted by Gasteiger charge is -2.08. The highest BCUT2D eigenvalue weighted by molar-refractivity contribution is 7.87. The number of ketones is 1. The van der Waals surface area contributed by atoms with Crippen LogP contribution in [0, 0.1) is 0 Å². The van der Waals surface area contributed by atoms with E-state index in [1.54, 1.807) is 12.3 Å². The van der Waals surface area contributed by atoms with Gasteiger partial charge in [-0.2, -0.15) is 8.42 Å². The van der Waals surface area contributed by atoms with Crippen LogP contribution in [0.5, 0.6) is 11.5 Å². The van der Waals surface area contributed by atoms with Gasteiger partial charge in [0.05, 0.1) is 5.56 Å². The van der Waals surface area contributed by atoms with Crippen LogP contribution in [-0.4, -0.2) is 19.2 Å². The highest BCUT2D eigenvalue weighted by atomic mass is 35.5. The van der Waals surface area contributed by atoms with Crippen LogP contribution in [-0.2, 0) is 10.1 Å². The van der Waals surface area contributed by atoms with E-state index in [4.69, 9.17) is 20.5 Å². The van der Waals surface area contributed by atoms with Crippen LogP contribution in [0.4, 0.5) is 0 Å². The fraction of sp³-hybridized carbons (Fsp3) is 0. The van der Waals surface area contributed by atoms with E-state index < -0.39 is 10.1 Å². The fourth-order valence-electron chi connectivity index (χ4n) is 3.35. The van der Waals surface area contributed by atoms with E-state index in [1.165, 1.54) is 42.5 Å². The van der Waals surface area contributed by atoms with Crippen molar-refractivity contribution in [1.29, 1.82) is 0 Å². The van der Waals surface area contributed by atoms with Gasteiger partial charge in [-0.15, -0.1) is 0 Å². The monoisotopic (exact) mass is 451 g/mol. The maximum atomic E-state index is 12.7. The highest BCUT2D eigenvalue weighted by Gasteiger charge is 2.29. The van der Waals surface area contributed by atoms with E-state index in [-0.39, 0.29) is 27.9 Å². The summed E-state index contributed by atoms with van der Waals surface area (Å²) in [4.78, 5) is 15.8. The molecule has 1 aromatic heterocycles. The lowest BCUT2D eigenvalue weighted by Crippen LogP contribution is -2.09. The number of aromatic nitrogens is 1. The second-order valence-electron chi connectivity index (χ2n) is 6.88. The van der Waals surface area contributed by atoms with Crippen LogP contribution in [0.15, 0.2) is 83.6 Å². The third-order valence-corrected chi connectivity index (χ3v) is 6.37. The molecule has 0 fully saturated rings. The van der Waals surface area contributed by atoms with E-state index in [0.717, 1.165) is 16.5 Å². The molecule has 0 saturated carbocycles. The molecule has 2 heterocycles. The fourth-order valence-corrected chi connectivity index (χ4v) is 4.40. The predicted molar refractivity (Wildman–Crippen MR) is 117 cm³/mol. The number of ether oxygens (including phenoxy) is 1. The normalized spacial score (nSPS) is 14.6. The first kappa shape index (κ1) is 19.4. The molecule has 3 aromatic carbocycles. The summed E-state index contributed by atoms with van der Waals surface area (Å²) in [5, 5.41) is 1.37. The molecule has 1 aliphatic rings. The minimum absolute atomic E-state index is 0.0330. The van der Waals surface area contributed by atoms with Gasteiger partial charge in [-0.25, -0.2) is 0 Å². The van der Waals surface area contributed by atoms with Crippen LogP contribution in [0.2, 0.25) is 5.02 Å². The van der Waals surface area contributed by atoms with Crippen molar-refractivity contribution >= 4 is 44.5 Å². The maximum absolute atomic E-state index is 12.7. The number of fused-ring (bicyclic) bond motifs is 2. The molecule has 4 aromatic rings. The zero-order chi connectivity index (χ0) is 21.6. The summed E-state index contributed by atoms with van der Waals surface area (Å²) in [6, 6.07) is 17.6. The van der Waals surface area contributed by atoms with Crippen molar-refractivity contribution in [3.8, 4) is 11.5 Å². The molecule has 1 N–H and O–H groups in total. The highest BCUT2D eigenvalue weighted by Crippen LogP contribution is 2.36. The molecule has 31 heavy (non-hydrogen) atoms. The summed E-state index contributed by atoms with van der Waals surface area (Å²) in [6.45, 7) is 0. The molecule has 8 heteroatoms. The first-order valence-electron chi connectivity index (χ1n) is 9.25. The number of carbonyl (C=O) groups excluding carboxylic acids is 1. The minimum Gasteiger partial charge on any atom is -0.452 e. The van der Waals surface area contributed by atoms with E-state index in [1.807, 2.05) is 24.3 Å². The Kier molecular flexibility index (Phi) is 4.57. The molecule has 5 rings (SSSR count). The molecule has 0 radical (unpaired) electrons. The molecule has 0 atom stereocenters. The van der Waals surface area contributed by atoms with E-state index in [2.05, 4.69) is 4.98 Å². The molecule has 0 spiro atoms. The van der Waals surface area contributed by atoms with Crippen molar-refractivity contribution in [2.24, 2.45) is 0 Å². The van der Waals surface area contributed by atoms with Gasteiger partial charge in [0.15, 0.2) is 5.76 Å². The third-order valence-electron chi connectivity index (χ3n) is 4.86. The zero-order valence-electron chi connectivity index (χ0n) is 15.8. The second kappa shape index (κ2) is 7.30. The van der Waals surface area contributed by atoms with Crippen molar-refractivity contribution in [1.82, 2.24) is 4.98 Å². The van der Waals surface area contributed by atoms with Crippen LogP contribution in [0.25, 0.3) is 17.0 Å². The quantitative estimate of drug-likeness (QED) is 0.340. The Bertz CT molecular complexity index is 1470. The summed E-state index contributed by atoms with van der Waals surface area (Å²) < 4.78 is 35.9. The van der Waals surface area contributed by atoms with Crippen LogP contribution < -0.4 is 8.92 Å². The lowest BCUT2D eigenvalue weighted by molar-refractivity contribution is 0.101. The minimum atomic E-state index is -4.06. The van der Waals surface area contributed by atoms with Gasteiger partial charge in [0.1, 0.15) is 16.4 Å². The molecule has 0 aliphatic carbocycles. The Hall–Kier alpha value is -3.55. The Balaban J connectivity index is 1.43. The molecular formula is C23H14ClNO5S. The van der Waals surface area contributed by atoms with Gasteiger partial charge in [0.2, 0.25) is 5.78 Å². The molecule has 1 aliphatic heterocycles. The van der Waals surface area contributed by atoms with E-state index in [0.29, 0.717) is 10.6 Å². The van der Waals surface area contributed by atoms with Gasteiger partial charge in [0.25, 0.3) is 0 Å². The number of allylic oxidation sites excluding steroid dienone is 1. The van der Waals surface area contributed by atoms with Gasteiger partial charge in [-0.3, -0.25) is 4.79 Å². The van der Waals surface area contributed by atoms with Gasteiger partial charge in [0, 0.05) is 33.8 Å². The number of Topliss-reactive ketones (excluding diaryl/α,β-unsaturated/α-hetero) is 1. The standard InChI is InChI=1S/C23H14ClNO5S/c24-15-5-8-17(9-6-15)31(27,28)30-16-7-10-19-21(12-16)29-22(23(19)26)11-14-13-25-20-4-2-1-3-18(14)20/h1-13,25H. The number of benzene rings is 3. The summed E-state index contributed by atoms with van der Waals surface area (Å²) in [6.07, 6.45) is 3.46. The van der Waals surface area contributed by atoms with E-state index in [9.17, 15) is 13.2 Å². The number of carbonyl (C=O) groups is 1. The predicted octanol–water partition coefficient (Wildman–Crippen LogP) is 5.21. The maximum Gasteiger partial charge on any atom is 0.339 e. The van der Waals surface area contributed by atoms with Crippen molar-refractivity contribution in [3.63, 3.8) is 0 Å². The molecule has 0 unspecified atom stereocenters. The first-order chi connectivity index (χ1) is 14.9. The topological polar surface area (TPSA) is 85.5 Å². The number of para-hydroxylation sites is 1. The zero-order valence-corrected chi connectivity index (χ0v) is 17.4. The number of hydrogen-bond donors (Lipinski definition) is 1. The average Bonchev–Trinajstić information content (AvgIpc) is 3.29. The Morgan fingerprint density at radius 3 is 2.58 bits per heavy atom. The SMILES string of the molecule is O=C1C(=Cc2c[nH]c3ccccc23)Oc2cc(OS(=O)(=O)c3ccc(Cl)cc3)ccc21. The molecule has 0 amide bonds. The van der Waals surface area contributed by atoms with Crippen molar-refractivity contribution in [3.05, 3.63) is 94.8 Å². The molecular weight excluding hydrogens is 438 g/mol. The molecule has 154 valence electrons. The Labute approximate surface area is 182 Å². The van der Waals surface area contributed by atoms with Crippen LogP contribution >= 0.6 is 11.6 Å². The summed E-state index contributed by atoms with van der Waals surface area (Å²) in [7, 11) is -4.06. The number of hydrogen-bond acceptors (Lipinski definition) is 5. The number of rotatable bonds is 4. The average molecular weight is 452 g/mol. The van der Waals surface area contributed by atoms with Gasteiger partial charge < -0.3 is 13.9 Å². The molecule has 0 bridgehead atoms. The van der Waals surface area contributed by atoms with Gasteiger partial charge in [-0.1, -0.05) is 29.8 Å². The van der Waals surface area contributed by atoms with Crippen molar-refractivity contribution < 1.29 is 22.1 Å². The largest absolute Gasteiger partial charge is 0.452 e. The van der Waals surface area contributed by atoms with Gasteiger partial charge in [-0.05, 0) is 48.5 Å². The summed E-state index contributed by atoms with van der Waals surface area (Å²) in [5.41, 5.74) is 2.09. The van der Waals surface area contributed by atoms with Crippen molar-refractivity contribution in [2.75, 3.05) is 0 Å². The Morgan fingerprint density at radius 1 is 1.00 bits per heavy atom. The number of halogens is 1. The number of H-pyrrole nitrogens is 1. The van der Waals surface area contributed by atoms with E-state index >= 15 is 0 Å². The lowest BCUT2D eigenvalue weighted by atomic mass is 10.1. The second-order valence-corrected chi connectivity index (χ2v) is 8.86. The van der Waals surface area contributed by atoms with Gasteiger partial charge >= 0.3 is 10.1 Å². The summed E-state index contributed by atoms with van der Waals surface area (Å²) >= 11 is 5.80. The molecule has 0 saturated heterocycles. The Morgan fingerprint density at radius 2 is 1.77 bits per heavy atom. The third kappa shape index (κ3) is 3.58. The summed E-state index contributed by atoms with van der Waals surface area (Å²) in [5.74, 6) is 0.139. The smallest absolute Gasteiger partial charge is 0.339 e. The van der Waals surface area contributed by atoms with Crippen LogP contribution in [0.3, 0.4) is 0 Å². The molecule has 6 nitrogen and oxygen atoms in total.